The van der Waals surface area contributed by atoms with Gasteiger partial charge in [-0.25, -0.2) is 0 Å². The van der Waals surface area contributed by atoms with E-state index in [4.69, 9.17) is 0 Å². The van der Waals surface area contributed by atoms with Gasteiger partial charge in [0.2, 0.25) is 47.3 Å². The van der Waals surface area contributed by atoms with E-state index >= 15 is 0 Å². The molecule has 0 atom stereocenters. The molecule has 0 fully saturated rings. The normalized spacial score (nSPS) is 11.4. The van der Waals surface area contributed by atoms with Crippen LogP contribution in [0, 0.1) is 0 Å². The molecule has 0 aromatic heterocycles. The van der Waals surface area contributed by atoms with Gasteiger partial charge in [-0.05, 0) is 106 Å². The maximum absolute atomic E-state index is 13.7. The molecule has 13 N–H and O–H groups in total. The minimum Gasteiger partial charge on any atom is -0.356 e. The highest BCUT2D eigenvalue weighted by molar-refractivity contribution is 8.76. The zero-order valence-electron chi connectivity index (χ0n) is 70.6. The van der Waals surface area contributed by atoms with Gasteiger partial charge in [-0.2, -0.15) is 0 Å². The van der Waals surface area contributed by atoms with Gasteiger partial charge < -0.3 is 98.5 Å². The highest BCUT2D eigenvalue weighted by Gasteiger charge is 2.20. The number of hydrogen-bond donors (Lipinski definition) is 13. The lowest BCUT2D eigenvalue weighted by atomic mass is 10.1. The van der Waals surface area contributed by atoms with Crippen molar-refractivity contribution in [2.75, 3.05) is 250 Å². The Kier molecular flexibility index (Phi) is 73.3. The number of nitrogens with zero attached hydrogens (tertiary/aromatic N) is 6. The van der Waals surface area contributed by atoms with Crippen molar-refractivity contribution >= 4 is 92.0 Å². The maximum Gasteiger partial charge on any atom is 0.221 e. The number of Topliss-reactive ketones (excluding diaryl/α,β-unsaturated/α-hetero) is 4. The van der Waals surface area contributed by atoms with Gasteiger partial charge in [-0.3, -0.25) is 57.5 Å². The standard InChI is InChI=1S/C79H155N19O12S2/c1-9-12-37-85-72(103)27-55-94(56-29-76(107)89-44-41-83-7)49-18-22-71(102)26-53-98(61-34-79(110)92-47-63-96(58-31-74(105)87-39-14-11-3)59-32-77(108)90-45-42-84-8)65-67-112-111-66-64-97(52-25-70(101)21-17-48-93(50-23-68(99)19-15-35-80-4)54-28-75(106)88-43-40-82-6)60-33-78(109)91-46-62-95(51-24-69(100)20-16-36-81-5)57-30-73(104)86-38-13-10-2/h80-84H,9-67H2,1-8H3,(H,85,103)(H,86,104)(H,87,105)(H,88,106)(H,89,107)(H,90,108)(H,91,109)(H,92,110). The Hall–Kier alpha value is -5.30. The predicted octanol–water partition coefficient (Wildman–Crippen LogP) is 1.69. The smallest absolute Gasteiger partial charge is 0.221 e. The van der Waals surface area contributed by atoms with Gasteiger partial charge in [0.1, 0.15) is 23.1 Å². The van der Waals surface area contributed by atoms with Crippen LogP contribution in [-0.4, -0.2) is 349 Å². The van der Waals surface area contributed by atoms with E-state index in [9.17, 15) is 57.5 Å². The molecule has 0 saturated carbocycles. The second-order valence-electron chi connectivity index (χ2n) is 28.6. The average molecular weight is 1630 g/mol. The van der Waals surface area contributed by atoms with E-state index in [1.54, 1.807) is 21.6 Å². The molecular weight excluding hydrogens is 1470 g/mol. The molecule has 33 heteroatoms. The SMILES string of the molecule is CCCCNC(=O)CCN(CCNC(=O)CCN(CCSSCCN(CCC(=O)CCCN(CCC(=O)NCCCC)CCC(=O)NCCNC)CCC(=O)NCCN(CCC(=O)NCCCC)CCC(=O)NCCNC)CCC(=O)CCCN(CCC(=O)CCCNC)CCC(=O)NCCNC)CCC(=O)CCCNC. The summed E-state index contributed by atoms with van der Waals surface area (Å²) in [5.41, 5.74) is 0. The first-order chi connectivity index (χ1) is 54.2. The number of carbonyl (C=O) groups is 12. The number of amides is 8. The van der Waals surface area contributed by atoms with Crippen LogP contribution in [0.25, 0.3) is 0 Å². The lowest BCUT2D eigenvalue weighted by Crippen LogP contribution is -2.40. The Morgan fingerprint density at radius 3 is 0.643 bits per heavy atom. The van der Waals surface area contributed by atoms with Crippen molar-refractivity contribution in [3.63, 3.8) is 0 Å². The van der Waals surface area contributed by atoms with E-state index < -0.39 is 0 Å². The van der Waals surface area contributed by atoms with Gasteiger partial charge in [0, 0.05) is 291 Å². The molecule has 0 saturated heterocycles. The number of hydrogen-bond acceptors (Lipinski definition) is 25. The number of carbonyl (C=O) groups excluding carboxylic acids is 12. The molecule has 0 rings (SSSR count). The van der Waals surface area contributed by atoms with Crippen LogP contribution in [0.15, 0.2) is 0 Å². The zero-order chi connectivity index (χ0) is 82.7. The number of rotatable bonds is 83. The van der Waals surface area contributed by atoms with Crippen LogP contribution in [0.3, 0.4) is 0 Å². The van der Waals surface area contributed by atoms with Crippen molar-refractivity contribution in [1.82, 2.24) is 98.5 Å². The molecule has 0 unspecified atom stereocenters. The number of likely N-dealkylation sites (N-methyl/N-ethyl adjacent to an activating group) is 3. The predicted molar refractivity (Wildman–Crippen MR) is 454 cm³/mol. The summed E-state index contributed by atoms with van der Waals surface area (Å²) in [5, 5.41) is 39.0. The third-order valence-corrected chi connectivity index (χ3v) is 21.3. The van der Waals surface area contributed by atoms with Crippen LogP contribution in [-0.2, 0) is 57.5 Å². The molecule has 0 aliphatic heterocycles. The quantitative estimate of drug-likeness (QED) is 0.0304. The van der Waals surface area contributed by atoms with Crippen molar-refractivity contribution in [2.24, 2.45) is 0 Å². The first kappa shape index (κ1) is 107. The Labute approximate surface area is 681 Å². The summed E-state index contributed by atoms with van der Waals surface area (Å²) in [6.07, 6.45) is 12.9. The van der Waals surface area contributed by atoms with Gasteiger partial charge in [-0.1, -0.05) is 61.6 Å². The highest BCUT2D eigenvalue weighted by atomic mass is 33.1. The fourth-order valence-electron chi connectivity index (χ4n) is 11.7. The lowest BCUT2D eigenvalue weighted by molar-refractivity contribution is -0.123. The molecule has 112 heavy (non-hydrogen) atoms. The Morgan fingerprint density at radius 2 is 0.402 bits per heavy atom. The average Bonchev–Trinajstić information content (AvgIpc) is 0.957. The molecule has 0 spiro atoms. The lowest BCUT2D eigenvalue weighted by Gasteiger charge is -2.24. The van der Waals surface area contributed by atoms with Crippen molar-refractivity contribution in [1.29, 1.82) is 0 Å². The number of unbranched alkanes of at least 4 members (excludes halogenated alkanes) is 3. The fourth-order valence-corrected chi connectivity index (χ4v) is 13.8. The van der Waals surface area contributed by atoms with Gasteiger partial charge in [0.05, 0.1) is 0 Å². The molecule has 0 heterocycles. The summed E-state index contributed by atoms with van der Waals surface area (Å²) in [5.74, 6) is 1.08. The van der Waals surface area contributed by atoms with Crippen molar-refractivity contribution < 1.29 is 57.5 Å². The summed E-state index contributed by atoms with van der Waals surface area (Å²) in [6.45, 7) is 22.0. The molecule has 0 aromatic rings. The van der Waals surface area contributed by atoms with Gasteiger partial charge in [0.15, 0.2) is 0 Å². The topological polar surface area (TPSA) is 381 Å². The van der Waals surface area contributed by atoms with Crippen LogP contribution >= 0.6 is 21.6 Å². The van der Waals surface area contributed by atoms with Crippen LogP contribution in [0.2, 0.25) is 0 Å². The van der Waals surface area contributed by atoms with E-state index in [1.807, 2.05) is 40.1 Å². The monoisotopic (exact) mass is 1630 g/mol. The summed E-state index contributed by atoms with van der Waals surface area (Å²) >= 11 is 0. The summed E-state index contributed by atoms with van der Waals surface area (Å²) in [7, 11) is 12.5. The van der Waals surface area contributed by atoms with Gasteiger partial charge >= 0.3 is 0 Å². The minimum absolute atomic E-state index is 0.0475. The Bertz CT molecular complexity index is 2080. The summed E-state index contributed by atoms with van der Waals surface area (Å²) in [6, 6.07) is 0. The molecule has 0 radical (unpaired) electrons. The summed E-state index contributed by atoms with van der Waals surface area (Å²) < 4.78 is 0. The van der Waals surface area contributed by atoms with Crippen LogP contribution in [0.1, 0.15) is 188 Å². The van der Waals surface area contributed by atoms with Crippen LogP contribution in [0.5, 0.6) is 0 Å². The second kappa shape index (κ2) is 77.0. The molecule has 31 nitrogen and oxygen atoms in total. The summed E-state index contributed by atoms with van der Waals surface area (Å²) in [4.78, 5) is 169. The molecular formula is C79H155N19O12S2. The molecule has 0 aliphatic rings. The fraction of sp³-hybridized carbons (Fsp3) is 0.848. The third kappa shape index (κ3) is 69.0. The van der Waals surface area contributed by atoms with E-state index in [0.29, 0.717) is 253 Å². The van der Waals surface area contributed by atoms with E-state index in [2.05, 4.69) is 114 Å². The second-order valence-corrected chi connectivity index (χ2v) is 31.3. The molecule has 650 valence electrons. The van der Waals surface area contributed by atoms with Crippen molar-refractivity contribution in [2.45, 2.75) is 188 Å². The van der Waals surface area contributed by atoms with Crippen molar-refractivity contribution in [3.05, 3.63) is 0 Å². The van der Waals surface area contributed by atoms with Crippen LogP contribution < -0.4 is 69.1 Å². The molecule has 0 bridgehead atoms. The highest BCUT2D eigenvalue weighted by Crippen LogP contribution is 2.22. The van der Waals surface area contributed by atoms with Crippen LogP contribution in [0.4, 0.5) is 0 Å². The molecule has 8 amide bonds. The molecule has 0 aromatic carbocycles. The third-order valence-electron chi connectivity index (χ3n) is 18.9. The van der Waals surface area contributed by atoms with Gasteiger partial charge in [0.25, 0.3) is 0 Å². The van der Waals surface area contributed by atoms with Crippen molar-refractivity contribution in [3.8, 4) is 0 Å². The molecule has 0 aliphatic carbocycles. The largest absolute Gasteiger partial charge is 0.356 e. The minimum atomic E-state index is -0.165. The first-order valence-corrected chi connectivity index (χ1v) is 44.7. The van der Waals surface area contributed by atoms with E-state index in [-0.39, 0.29) is 135 Å². The Balaban J connectivity index is 6.55. The van der Waals surface area contributed by atoms with Gasteiger partial charge in [-0.15, -0.1) is 0 Å². The number of nitrogens with one attached hydrogen (secondary N) is 13. The maximum atomic E-state index is 13.7. The van der Waals surface area contributed by atoms with E-state index in [1.165, 1.54) is 0 Å². The number of ketones is 4. The first-order valence-electron chi connectivity index (χ1n) is 42.3. The zero-order valence-corrected chi connectivity index (χ0v) is 72.3. The Morgan fingerprint density at radius 1 is 0.196 bits per heavy atom. The van der Waals surface area contributed by atoms with E-state index in [0.717, 1.165) is 64.5 Å².